The second-order valence-electron chi connectivity index (χ2n) is 3.41. The smallest absolute Gasteiger partial charge is 0.330 e. The molecule has 0 aromatic heterocycles. The third kappa shape index (κ3) is 1.65. The van der Waals surface area contributed by atoms with Crippen LogP contribution in [-0.2, 0) is 10.2 Å². The van der Waals surface area contributed by atoms with E-state index in [1.54, 1.807) is 13.0 Å². The maximum atomic E-state index is 11.5. The van der Waals surface area contributed by atoms with E-state index in [1.165, 1.54) is 12.1 Å². The van der Waals surface area contributed by atoms with Gasteiger partial charge in [0.25, 0.3) is 0 Å². The quantitative estimate of drug-likeness (QED) is 0.676. The molecule has 0 aliphatic carbocycles. The van der Waals surface area contributed by atoms with Gasteiger partial charge in [-0.3, -0.25) is 0 Å². The molecule has 1 heterocycles. The molecule has 0 radical (unpaired) electrons. The zero-order chi connectivity index (χ0) is 11.9. The molecule has 1 aliphatic heterocycles. The molecule has 1 aromatic rings. The third-order valence-corrected chi connectivity index (χ3v) is 3.39. The van der Waals surface area contributed by atoms with E-state index in [0.717, 1.165) is 16.1 Å². The summed E-state index contributed by atoms with van der Waals surface area (Å²) in [5.74, 6) is -0.656. The number of nitrogens with one attached hydrogen (secondary N) is 1. The van der Waals surface area contributed by atoms with E-state index >= 15 is 0 Å². The fourth-order valence-corrected chi connectivity index (χ4v) is 2.47. The van der Waals surface area contributed by atoms with Crippen LogP contribution in [0.1, 0.15) is 5.56 Å². The van der Waals surface area contributed by atoms with Gasteiger partial charge in [0.15, 0.2) is 0 Å². The second kappa shape index (κ2) is 3.31. The Morgan fingerprint density at radius 2 is 2.00 bits per heavy atom. The number of phenols is 1. The number of aromatic hydroxyl groups is 1. The number of benzene rings is 1. The average molecular weight is 242 g/mol. The minimum atomic E-state index is -3.84. The van der Waals surface area contributed by atoms with Gasteiger partial charge < -0.3 is 10.2 Å². The molecule has 2 rings (SSSR count). The molecule has 1 aromatic carbocycles. The van der Waals surface area contributed by atoms with Crippen LogP contribution < -0.4 is 9.03 Å². The first-order valence-corrected chi connectivity index (χ1v) is 5.87. The molecule has 7 heteroatoms. The first-order chi connectivity index (χ1) is 7.40. The van der Waals surface area contributed by atoms with Crippen molar-refractivity contribution in [2.45, 2.75) is 6.92 Å². The number of aliphatic hydroxyl groups excluding tert-OH is 1. The Labute approximate surface area is 92.6 Å². The van der Waals surface area contributed by atoms with Crippen molar-refractivity contribution in [3.8, 4) is 5.75 Å². The number of hydrogen-bond acceptors (Lipinski definition) is 4. The molecular weight excluding hydrogens is 232 g/mol. The summed E-state index contributed by atoms with van der Waals surface area (Å²) in [6.45, 7) is 1.77. The normalized spacial score (nSPS) is 18.1. The van der Waals surface area contributed by atoms with Crippen molar-refractivity contribution in [2.24, 2.45) is 0 Å². The molecule has 0 unspecified atom stereocenters. The first-order valence-electron chi connectivity index (χ1n) is 4.43. The Kier molecular flexibility index (Phi) is 2.20. The molecular formula is C9H10N2O4S. The average Bonchev–Trinajstić information content (AvgIpc) is 2.39. The molecule has 0 amide bonds. The topological polar surface area (TPSA) is 89.9 Å². The highest BCUT2D eigenvalue weighted by Gasteiger charge is 2.30. The standard InChI is InChI=1S/C9H10N2O4S/c1-6-2-3-7(8(12)4-6)11-5-9(13)10-16(11,14)15/h2-5,10,12-13H,1H3. The molecule has 0 saturated carbocycles. The van der Waals surface area contributed by atoms with Crippen LogP contribution in [0.4, 0.5) is 5.69 Å². The number of anilines is 1. The van der Waals surface area contributed by atoms with E-state index in [9.17, 15) is 13.5 Å². The van der Waals surface area contributed by atoms with Crippen molar-refractivity contribution in [3.63, 3.8) is 0 Å². The second-order valence-corrected chi connectivity index (χ2v) is 4.96. The summed E-state index contributed by atoms with van der Waals surface area (Å²) >= 11 is 0. The van der Waals surface area contributed by atoms with E-state index in [4.69, 9.17) is 5.11 Å². The zero-order valence-corrected chi connectivity index (χ0v) is 9.19. The molecule has 86 valence electrons. The minimum absolute atomic E-state index is 0.0853. The Balaban J connectivity index is 2.53. The number of phenolic OH excluding ortho intramolecular Hbond substituents is 1. The maximum absolute atomic E-state index is 11.5. The van der Waals surface area contributed by atoms with Gasteiger partial charge in [-0.05, 0) is 24.6 Å². The number of nitrogens with zero attached hydrogens (tertiary/aromatic N) is 1. The fourth-order valence-electron chi connectivity index (χ4n) is 1.41. The Bertz CT molecular complexity index is 565. The van der Waals surface area contributed by atoms with E-state index in [0.29, 0.717) is 0 Å². The van der Waals surface area contributed by atoms with Gasteiger partial charge in [0.05, 0.1) is 6.20 Å². The molecule has 0 spiro atoms. The van der Waals surface area contributed by atoms with E-state index in [-0.39, 0.29) is 11.4 Å². The lowest BCUT2D eigenvalue weighted by Gasteiger charge is -2.15. The highest BCUT2D eigenvalue weighted by Crippen LogP contribution is 2.32. The van der Waals surface area contributed by atoms with Crippen LogP contribution in [0.25, 0.3) is 0 Å². The number of aryl methyl sites for hydroxylation is 1. The van der Waals surface area contributed by atoms with Crippen LogP contribution in [0, 0.1) is 6.92 Å². The van der Waals surface area contributed by atoms with E-state index < -0.39 is 16.1 Å². The van der Waals surface area contributed by atoms with Gasteiger partial charge in [0, 0.05) is 0 Å². The van der Waals surface area contributed by atoms with Crippen LogP contribution in [0.5, 0.6) is 5.75 Å². The molecule has 0 bridgehead atoms. The van der Waals surface area contributed by atoms with E-state index in [2.05, 4.69) is 0 Å². The van der Waals surface area contributed by atoms with Gasteiger partial charge in [-0.15, -0.1) is 0 Å². The van der Waals surface area contributed by atoms with Crippen molar-refractivity contribution >= 4 is 15.9 Å². The van der Waals surface area contributed by atoms with Crippen molar-refractivity contribution < 1.29 is 18.6 Å². The summed E-state index contributed by atoms with van der Waals surface area (Å²) in [5.41, 5.74) is 0.890. The lowest BCUT2D eigenvalue weighted by molar-refractivity contribution is 0.392. The monoisotopic (exact) mass is 242 g/mol. The molecule has 0 saturated heterocycles. The van der Waals surface area contributed by atoms with Crippen molar-refractivity contribution in [3.05, 3.63) is 35.8 Å². The predicted octanol–water partition coefficient (Wildman–Crippen LogP) is 0.712. The highest BCUT2D eigenvalue weighted by molar-refractivity contribution is 7.91. The van der Waals surface area contributed by atoms with Gasteiger partial charge in [-0.2, -0.15) is 8.42 Å². The number of aliphatic hydroxyl groups is 1. The minimum Gasteiger partial charge on any atom is -0.506 e. The largest absolute Gasteiger partial charge is 0.506 e. The van der Waals surface area contributed by atoms with Crippen LogP contribution >= 0.6 is 0 Å². The van der Waals surface area contributed by atoms with Crippen molar-refractivity contribution in [1.29, 1.82) is 0 Å². The van der Waals surface area contributed by atoms with Gasteiger partial charge in [-0.25, -0.2) is 9.03 Å². The highest BCUT2D eigenvalue weighted by atomic mass is 32.2. The van der Waals surface area contributed by atoms with Crippen LogP contribution in [-0.4, -0.2) is 18.6 Å². The molecule has 0 fully saturated rings. The predicted molar refractivity (Wildman–Crippen MR) is 58.1 cm³/mol. The summed E-state index contributed by atoms with van der Waals surface area (Å²) in [6, 6.07) is 4.56. The summed E-state index contributed by atoms with van der Waals surface area (Å²) in [5, 5.41) is 18.7. The molecule has 3 N–H and O–H groups in total. The SMILES string of the molecule is Cc1ccc(N2C=C(O)NS2(=O)=O)c(O)c1. The van der Waals surface area contributed by atoms with Crippen LogP contribution in [0.2, 0.25) is 0 Å². The van der Waals surface area contributed by atoms with Crippen molar-refractivity contribution in [2.75, 3.05) is 4.31 Å². The van der Waals surface area contributed by atoms with Crippen LogP contribution in [0.3, 0.4) is 0 Å². The Morgan fingerprint density at radius 3 is 2.50 bits per heavy atom. The van der Waals surface area contributed by atoms with Crippen molar-refractivity contribution in [1.82, 2.24) is 4.72 Å². The summed E-state index contributed by atoms with van der Waals surface area (Å²) in [4.78, 5) is 0. The van der Waals surface area contributed by atoms with Crippen LogP contribution in [0.15, 0.2) is 30.3 Å². The molecule has 6 nitrogen and oxygen atoms in total. The third-order valence-electron chi connectivity index (χ3n) is 2.10. The van der Waals surface area contributed by atoms with Gasteiger partial charge >= 0.3 is 10.2 Å². The van der Waals surface area contributed by atoms with Gasteiger partial charge in [0.1, 0.15) is 11.4 Å². The summed E-state index contributed by atoms with van der Waals surface area (Å²) in [7, 11) is -3.84. The van der Waals surface area contributed by atoms with Gasteiger partial charge in [-0.1, -0.05) is 6.07 Å². The molecule has 1 aliphatic rings. The lowest BCUT2D eigenvalue weighted by Crippen LogP contribution is -2.29. The van der Waals surface area contributed by atoms with Gasteiger partial charge in [0.2, 0.25) is 5.88 Å². The maximum Gasteiger partial charge on any atom is 0.330 e. The first kappa shape index (κ1) is 10.6. The zero-order valence-electron chi connectivity index (χ0n) is 8.38. The lowest BCUT2D eigenvalue weighted by atomic mass is 10.2. The number of rotatable bonds is 1. The summed E-state index contributed by atoms with van der Waals surface area (Å²) < 4.78 is 25.7. The number of hydrogen-bond donors (Lipinski definition) is 3. The Hall–Kier alpha value is -1.89. The van der Waals surface area contributed by atoms with E-state index in [1.807, 2.05) is 4.72 Å². The molecule has 0 atom stereocenters. The Morgan fingerprint density at radius 1 is 1.31 bits per heavy atom. The summed E-state index contributed by atoms with van der Waals surface area (Å²) in [6.07, 6.45) is 0.986. The fraction of sp³-hybridized carbons (Fsp3) is 0.111. The molecule has 16 heavy (non-hydrogen) atoms.